The van der Waals surface area contributed by atoms with Crippen molar-refractivity contribution in [2.24, 2.45) is 18.0 Å². The smallest absolute Gasteiger partial charge is 0.278 e. The molecule has 2 heterocycles. The SMILES string of the molecule is CC(C)CN1C(=O)/C(=C\c2cnn(C)c2)N=C1SCC(=O)NCc1ccccc1. The molecular weight excluding hydrogens is 386 g/mol. The van der Waals surface area contributed by atoms with Gasteiger partial charge < -0.3 is 5.32 Å². The van der Waals surface area contributed by atoms with E-state index in [0.717, 1.165) is 11.1 Å². The molecule has 1 aliphatic heterocycles. The van der Waals surface area contributed by atoms with Gasteiger partial charge in [0.2, 0.25) is 5.91 Å². The molecular formula is C21H25N5O2S. The van der Waals surface area contributed by atoms with Crippen LogP contribution in [0.3, 0.4) is 0 Å². The summed E-state index contributed by atoms with van der Waals surface area (Å²) in [6, 6.07) is 9.75. The number of rotatable bonds is 7. The topological polar surface area (TPSA) is 79.6 Å². The number of thioether (sulfide) groups is 1. The van der Waals surface area contributed by atoms with Crippen LogP contribution in [0.1, 0.15) is 25.0 Å². The van der Waals surface area contributed by atoms with Gasteiger partial charge in [-0.2, -0.15) is 5.10 Å². The Morgan fingerprint density at radius 1 is 1.28 bits per heavy atom. The lowest BCUT2D eigenvalue weighted by molar-refractivity contribution is -0.123. The summed E-state index contributed by atoms with van der Waals surface area (Å²) in [5, 5.41) is 7.58. The normalized spacial score (nSPS) is 15.3. The molecule has 0 unspecified atom stereocenters. The first kappa shape index (κ1) is 20.9. The van der Waals surface area contributed by atoms with Crippen LogP contribution in [0.2, 0.25) is 0 Å². The van der Waals surface area contributed by atoms with Crippen LogP contribution in [0.25, 0.3) is 6.08 Å². The number of hydrogen-bond donors (Lipinski definition) is 1. The highest BCUT2D eigenvalue weighted by Crippen LogP contribution is 2.24. The largest absolute Gasteiger partial charge is 0.351 e. The lowest BCUT2D eigenvalue weighted by Crippen LogP contribution is -2.35. The number of aliphatic imine (C=N–C) groups is 1. The van der Waals surface area contributed by atoms with Crippen LogP contribution in [0.5, 0.6) is 0 Å². The van der Waals surface area contributed by atoms with E-state index in [0.29, 0.717) is 24.0 Å². The van der Waals surface area contributed by atoms with Gasteiger partial charge >= 0.3 is 0 Å². The van der Waals surface area contributed by atoms with E-state index in [4.69, 9.17) is 0 Å². The molecule has 0 fully saturated rings. The Bertz CT molecular complexity index is 934. The third kappa shape index (κ3) is 5.80. The van der Waals surface area contributed by atoms with Gasteiger partial charge in [0.25, 0.3) is 5.91 Å². The van der Waals surface area contributed by atoms with Crippen LogP contribution in [0.15, 0.2) is 53.4 Å². The maximum atomic E-state index is 12.8. The van der Waals surface area contributed by atoms with Crippen LogP contribution in [0, 0.1) is 5.92 Å². The predicted molar refractivity (Wildman–Crippen MR) is 116 cm³/mol. The van der Waals surface area contributed by atoms with Gasteiger partial charge in [0.05, 0.1) is 11.9 Å². The van der Waals surface area contributed by atoms with E-state index in [1.165, 1.54) is 11.8 Å². The number of benzene rings is 1. The Hall–Kier alpha value is -2.87. The molecule has 2 aromatic rings. The van der Waals surface area contributed by atoms with E-state index in [9.17, 15) is 9.59 Å². The molecule has 8 heteroatoms. The molecule has 152 valence electrons. The van der Waals surface area contributed by atoms with Crippen LogP contribution in [-0.2, 0) is 23.2 Å². The zero-order chi connectivity index (χ0) is 20.8. The molecule has 0 saturated heterocycles. The Balaban J connectivity index is 1.65. The maximum Gasteiger partial charge on any atom is 0.278 e. The van der Waals surface area contributed by atoms with Gasteiger partial charge in [-0.1, -0.05) is 55.9 Å². The third-order valence-corrected chi connectivity index (χ3v) is 5.13. The summed E-state index contributed by atoms with van der Waals surface area (Å²) in [5.41, 5.74) is 2.23. The maximum absolute atomic E-state index is 12.8. The van der Waals surface area contributed by atoms with E-state index in [-0.39, 0.29) is 23.5 Å². The second-order valence-corrected chi connectivity index (χ2v) is 8.17. The molecule has 1 N–H and O–H groups in total. The fourth-order valence-electron chi connectivity index (χ4n) is 2.82. The van der Waals surface area contributed by atoms with Crippen LogP contribution < -0.4 is 5.32 Å². The van der Waals surface area contributed by atoms with Gasteiger partial charge in [0.15, 0.2) is 5.17 Å². The second kappa shape index (κ2) is 9.56. The van der Waals surface area contributed by atoms with E-state index in [1.807, 2.05) is 57.4 Å². The standard InChI is InChI=1S/C21H25N5O2S/c1-15(2)12-26-20(28)18(9-17-11-23-25(3)13-17)24-21(26)29-14-19(27)22-10-16-7-5-4-6-8-16/h4-9,11,13,15H,10,12,14H2,1-3H3,(H,22,27)/b18-9+. The van der Waals surface area contributed by atoms with Gasteiger partial charge in [-0.3, -0.25) is 19.2 Å². The Kier molecular flexibility index (Phi) is 6.87. The number of amidine groups is 1. The third-order valence-electron chi connectivity index (χ3n) is 4.15. The minimum atomic E-state index is -0.144. The Morgan fingerprint density at radius 3 is 2.69 bits per heavy atom. The van der Waals surface area contributed by atoms with Crippen LogP contribution >= 0.6 is 11.8 Å². The zero-order valence-electron chi connectivity index (χ0n) is 16.8. The van der Waals surface area contributed by atoms with Crippen LogP contribution in [0.4, 0.5) is 0 Å². The van der Waals surface area contributed by atoms with Crippen molar-refractivity contribution in [3.8, 4) is 0 Å². The molecule has 1 aromatic heterocycles. The van der Waals surface area contributed by atoms with Gasteiger partial charge in [0, 0.05) is 31.9 Å². The Labute approximate surface area is 174 Å². The number of amides is 2. The van der Waals surface area contributed by atoms with Crippen molar-refractivity contribution in [3.63, 3.8) is 0 Å². The lowest BCUT2D eigenvalue weighted by atomic mass is 10.2. The summed E-state index contributed by atoms with van der Waals surface area (Å²) in [6.45, 7) is 5.13. The molecule has 0 atom stereocenters. The van der Waals surface area contributed by atoms with E-state index >= 15 is 0 Å². The van der Waals surface area contributed by atoms with E-state index in [2.05, 4.69) is 15.4 Å². The average Bonchev–Trinajstić information content (AvgIpc) is 3.23. The molecule has 2 amide bonds. The quantitative estimate of drug-likeness (QED) is 0.711. The monoisotopic (exact) mass is 411 g/mol. The Morgan fingerprint density at radius 2 is 2.03 bits per heavy atom. The molecule has 7 nitrogen and oxygen atoms in total. The summed E-state index contributed by atoms with van der Waals surface area (Å²) in [7, 11) is 1.82. The number of nitrogens with zero attached hydrogens (tertiary/aromatic N) is 4. The average molecular weight is 412 g/mol. The summed E-state index contributed by atoms with van der Waals surface area (Å²) in [5.74, 6) is 0.251. The summed E-state index contributed by atoms with van der Waals surface area (Å²) >= 11 is 1.28. The molecule has 29 heavy (non-hydrogen) atoms. The molecule has 0 bridgehead atoms. The fraction of sp³-hybridized carbons (Fsp3) is 0.333. The number of nitrogens with one attached hydrogen (secondary N) is 1. The summed E-state index contributed by atoms with van der Waals surface area (Å²) in [6.07, 6.45) is 5.24. The van der Waals surface area contributed by atoms with Crippen molar-refractivity contribution in [1.82, 2.24) is 20.0 Å². The van der Waals surface area contributed by atoms with Crippen LogP contribution in [-0.4, -0.2) is 44.0 Å². The highest BCUT2D eigenvalue weighted by molar-refractivity contribution is 8.14. The lowest BCUT2D eigenvalue weighted by Gasteiger charge is -2.19. The second-order valence-electron chi connectivity index (χ2n) is 7.23. The van der Waals surface area contributed by atoms with E-state index in [1.54, 1.807) is 21.9 Å². The minimum absolute atomic E-state index is 0.0943. The van der Waals surface area contributed by atoms with Crippen molar-refractivity contribution < 1.29 is 9.59 Å². The zero-order valence-corrected chi connectivity index (χ0v) is 17.6. The highest BCUT2D eigenvalue weighted by atomic mass is 32.2. The molecule has 0 spiro atoms. The molecule has 3 rings (SSSR count). The highest BCUT2D eigenvalue weighted by Gasteiger charge is 2.31. The summed E-state index contributed by atoms with van der Waals surface area (Å²) < 4.78 is 1.67. The van der Waals surface area contributed by atoms with Gasteiger partial charge in [0.1, 0.15) is 5.70 Å². The van der Waals surface area contributed by atoms with Gasteiger partial charge in [-0.05, 0) is 17.6 Å². The van der Waals surface area contributed by atoms with Crippen molar-refractivity contribution in [2.45, 2.75) is 20.4 Å². The number of carbonyl (C=O) groups excluding carboxylic acids is 2. The predicted octanol–water partition coefficient (Wildman–Crippen LogP) is 2.66. The van der Waals surface area contributed by atoms with Crippen molar-refractivity contribution in [3.05, 3.63) is 59.5 Å². The number of aromatic nitrogens is 2. The molecule has 1 aliphatic rings. The number of carbonyl (C=O) groups is 2. The minimum Gasteiger partial charge on any atom is -0.351 e. The molecule has 0 aliphatic carbocycles. The van der Waals surface area contributed by atoms with Crippen molar-refractivity contribution in [2.75, 3.05) is 12.3 Å². The number of aryl methyl sites for hydroxylation is 1. The van der Waals surface area contributed by atoms with E-state index < -0.39 is 0 Å². The van der Waals surface area contributed by atoms with Crippen molar-refractivity contribution >= 4 is 34.8 Å². The summed E-state index contributed by atoms with van der Waals surface area (Å²) in [4.78, 5) is 31.2. The molecule has 0 radical (unpaired) electrons. The van der Waals surface area contributed by atoms with Gasteiger partial charge in [-0.15, -0.1) is 0 Å². The van der Waals surface area contributed by atoms with Crippen molar-refractivity contribution in [1.29, 1.82) is 0 Å². The molecule has 0 saturated carbocycles. The first-order valence-electron chi connectivity index (χ1n) is 9.46. The first-order chi connectivity index (χ1) is 13.9. The molecule has 1 aromatic carbocycles. The van der Waals surface area contributed by atoms with Gasteiger partial charge in [-0.25, -0.2) is 4.99 Å². The first-order valence-corrected chi connectivity index (χ1v) is 10.4. The fourth-order valence-corrected chi connectivity index (χ4v) is 3.66. The number of hydrogen-bond acceptors (Lipinski definition) is 5.